The second kappa shape index (κ2) is 4.11. The van der Waals surface area contributed by atoms with Gasteiger partial charge in [-0.25, -0.2) is 0 Å². The van der Waals surface area contributed by atoms with Crippen molar-refractivity contribution in [2.24, 2.45) is 0 Å². The predicted octanol–water partition coefficient (Wildman–Crippen LogP) is 2.14. The molecule has 2 amide bonds. The Kier molecular flexibility index (Phi) is 2.87. The van der Waals surface area contributed by atoms with Crippen LogP contribution in [0, 0.1) is 11.5 Å². The molecule has 18 heavy (non-hydrogen) atoms. The molecular formula is C14H15NO2Si. The minimum Gasteiger partial charge on any atom is -0.277 e. The first-order chi connectivity index (χ1) is 8.29. The van der Waals surface area contributed by atoms with E-state index in [0.29, 0.717) is 11.1 Å². The summed E-state index contributed by atoms with van der Waals surface area (Å²) in [4.78, 5) is 24.7. The Labute approximate surface area is 108 Å². The third-order valence-electron chi connectivity index (χ3n) is 2.67. The molecule has 0 fully saturated rings. The van der Waals surface area contributed by atoms with Crippen molar-refractivity contribution in [1.29, 1.82) is 0 Å². The van der Waals surface area contributed by atoms with Crippen molar-refractivity contribution in [3.63, 3.8) is 0 Å². The largest absolute Gasteiger partial charge is 0.277 e. The summed E-state index contributed by atoms with van der Waals surface area (Å²) in [7, 11) is 0.0651. The van der Waals surface area contributed by atoms with Crippen LogP contribution in [0.15, 0.2) is 18.2 Å². The van der Waals surface area contributed by atoms with Gasteiger partial charge in [0.05, 0.1) is 11.1 Å². The zero-order chi connectivity index (χ0) is 13.5. The van der Waals surface area contributed by atoms with E-state index >= 15 is 0 Å². The highest BCUT2D eigenvalue weighted by molar-refractivity contribution is 6.83. The molecule has 0 aliphatic carbocycles. The first-order valence-corrected chi connectivity index (χ1v) is 9.29. The number of benzene rings is 1. The minimum atomic E-state index is -1.43. The number of amides is 2. The maximum Gasteiger partial charge on any atom is 0.261 e. The Morgan fingerprint density at radius 2 is 1.67 bits per heavy atom. The van der Waals surface area contributed by atoms with Crippen molar-refractivity contribution in [2.45, 2.75) is 19.6 Å². The maximum atomic E-state index is 11.8. The summed E-state index contributed by atoms with van der Waals surface area (Å²) in [5.74, 6) is 2.61. The Morgan fingerprint density at radius 3 is 2.28 bits per heavy atom. The lowest BCUT2D eigenvalue weighted by molar-refractivity contribution is 0.0693. The number of fused-ring (bicyclic) bond motifs is 1. The number of carbonyl (C=O) groups excluding carboxylic acids is 2. The van der Waals surface area contributed by atoms with Gasteiger partial charge in [-0.3, -0.25) is 14.5 Å². The standard InChI is InChI=1S/C14H15NO2Si/c1-15-13(16)11-6-5-10(7-8-18(2,3)4)9-12(11)14(15)17/h5-6,9H,1-4H3. The minimum absolute atomic E-state index is 0.236. The molecule has 4 heteroatoms. The fraction of sp³-hybridized carbons (Fsp3) is 0.286. The van der Waals surface area contributed by atoms with Gasteiger partial charge in [-0.05, 0) is 18.2 Å². The summed E-state index contributed by atoms with van der Waals surface area (Å²) in [6.45, 7) is 6.49. The smallest absolute Gasteiger partial charge is 0.261 e. The Hall–Kier alpha value is -1.86. The molecule has 0 aromatic heterocycles. The lowest BCUT2D eigenvalue weighted by Crippen LogP contribution is -2.24. The Morgan fingerprint density at radius 1 is 1.06 bits per heavy atom. The average molecular weight is 257 g/mol. The third kappa shape index (κ3) is 2.22. The van der Waals surface area contributed by atoms with Crippen LogP contribution < -0.4 is 0 Å². The van der Waals surface area contributed by atoms with Crippen LogP contribution in [-0.2, 0) is 0 Å². The van der Waals surface area contributed by atoms with Gasteiger partial charge < -0.3 is 0 Å². The van der Waals surface area contributed by atoms with Crippen LogP contribution in [-0.4, -0.2) is 31.8 Å². The zero-order valence-corrected chi connectivity index (χ0v) is 12.0. The fourth-order valence-electron chi connectivity index (χ4n) is 1.70. The highest BCUT2D eigenvalue weighted by Gasteiger charge is 2.32. The van der Waals surface area contributed by atoms with Gasteiger partial charge in [0.25, 0.3) is 11.8 Å². The lowest BCUT2D eigenvalue weighted by atomic mass is 10.1. The molecule has 0 atom stereocenters. The van der Waals surface area contributed by atoms with Gasteiger partial charge in [0.2, 0.25) is 0 Å². The first-order valence-electron chi connectivity index (χ1n) is 5.79. The van der Waals surface area contributed by atoms with E-state index in [0.717, 1.165) is 10.5 Å². The van der Waals surface area contributed by atoms with Crippen molar-refractivity contribution in [1.82, 2.24) is 4.90 Å². The second-order valence-electron chi connectivity index (χ2n) is 5.43. The molecule has 2 rings (SSSR count). The molecule has 1 heterocycles. The number of rotatable bonds is 0. The molecule has 0 unspecified atom stereocenters. The van der Waals surface area contributed by atoms with Gasteiger partial charge in [0, 0.05) is 12.6 Å². The van der Waals surface area contributed by atoms with E-state index in [1.54, 1.807) is 18.2 Å². The van der Waals surface area contributed by atoms with Crippen LogP contribution >= 0.6 is 0 Å². The van der Waals surface area contributed by atoms with Crippen LogP contribution in [0.2, 0.25) is 19.6 Å². The highest BCUT2D eigenvalue weighted by atomic mass is 28.3. The summed E-state index contributed by atoms with van der Waals surface area (Å²) < 4.78 is 0. The van der Waals surface area contributed by atoms with E-state index < -0.39 is 8.07 Å². The topological polar surface area (TPSA) is 37.4 Å². The molecule has 0 spiro atoms. The zero-order valence-electron chi connectivity index (χ0n) is 11.0. The molecule has 1 aliphatic heterocycles. The third-order valence-corrected chi connectivity index (χ3v) is 3.55. The SMILES string of the molecule is CN1C(=O)c2ccc(C#C[Si](C)(C)C)cc2C1=O. The predicted molar refractivity (Wildman–Crippen MR) is 73.1 cm³/mol. The molecule has 92 valence electrons. The summed E-state index contributed by atoms with van der Waals surface area (Å²) in [5, 5.41) is 0. The van der Waals surface area contributed by atoms with Crippen LogP contribution in [0.3, 0.4) is 0 Å². The molecular weight excluding hydrogens is 242 g/mol. The normalized spacial score (nSPS) is 14.3. The van der Waals surface area contributed by atoms with E-state index in [4.69, 9.17) is 0 Å². The first kappa shape index (κ1) is 12.6. The second-order valence-corrected chi connectivity index (χ2v) is 10.2. The number of imide groups is 1. The Bertz CT molecular complexity index is 602. The van der Waals surface area contributed by atoms with Crippen LogP contribution in [0.4, 0.5) is 0 Å². The van der Waals surface area contributed by atoms with E-state index in [-0.39, 0.29) is 11.8 Å². The molecule has 1 aromatic carbocycles. The number of carbonyl (C=O) groups is 2. The number of nitrogens with zero attached hydrogens (tertiary/aromatic N) is 1. The molecule has 0 N–H and O–H groups in total. The van der Waals surface area contributed by atoms with Gasteiger partial charge in [-0.15, -0.1) is 5.54 Å². The van der Waals surface area contributed by atoms with E-state index in [1.165, 1.54) is 7.05 Å². The fourth-order valence-corrected chi connectivity index (χ4v) is 2.22. The van der Waals surface area contributed by atoms with Crippen molar-refractivity contribution in [2.75, 3.05) is 7.05 Å². The van der Waals surface area contributed by atoms with E-state index in [2.05, 4.69) is 31.1 Å². The average Bonchev–Trinajstić information content (AvgIpc) is 2.51. The molecule has 0 radical (unpaired) electrons. The van der Waals surface area contributed by atoms with Crippen molar-refractivity contribution < 1.29 is 9.59 Å². The van der Waals surface area contributed by atoms with Crippen molar-refractivity contribution in [3.8, 4) is 11.5 Å². The van der Waals surface area contributed by atoms with Gasteiger partial charge in [-0.1, -0.05) is 25.6 Å². The molecule has 3 nitrogen and oxygen atoms in total. The molecule has 1 aliphatic rings. The summed E-state index contributed by atoms with van der Waals surface area (Å²) in [6, 6.07) is 5.20. The van der Waals surface area contributed by atoms with Gasteiger partial charge >= 0.3 is 0 Å². The van der Waals surface area contributed by atoms with Crippen LogP contribution in [0.25, 0.3) is 0 Å². The number of hydrogen-bond donors (Lipinski definition) is 0. The highest BCUT2D eigenvalue weighted by Crippen LogP contribution is 2.22. The van der Waals surface area contributed by atoms with Crippen LogP contribution in [0.5, 0.6) is 0 Å². The van der Waals surface area contributed by atoms with Crippen molar-refractivity contribution in [3.05, 3.63) is 34.9 Å². The summed E-state index contributed by atoms with van der Waals surface area (Å²) >= 11 is 0. The summed E-state index contributed by atoms with van der Waals surface area (Å²) in [5.41, 5.74) is 4.98. The summed E-state index contributed by atoms with van der Waals surface area (Å²) in [6.07, 6.45) is 0. The Balaban J connectivity index is 2.44. The van der Waals surface area contributed by atoms with E-state index in [9.17, 15) is 9.59 Å². The van der Waals surface area contributed by atoms with Gasteiger partial charge in [0.1, 0.15) is 8.07 Å². The van der Waals surface area contributed by atoms with Crippen molar-refractivity contribution >= 4 is 19.9 Å². The number of hydrogen-bond acceptors (Lipinski definition) is 2. The maximum absolute atomic E-state index is 11.8. The molecule has 1 aromatic rings. The van der Waals surface area contributed by atoms with Gasteiger partial charge in [0.15, 0.2) is 0 Å². The molecule has 0 saturated carbocycles. The molecule has 0 bridgehead atoms. The van der Waals surface area contributed by atoms with Gasteiger partial charge in [-0.2, -0.15) is 0 Å². The van der Waals surface area contributed by atoms with E-state index in [1.807, 2.05) is 0 Å². The van der Waals surface area contributed by atoms with Crippen LogP contribution in [0.1, 0.15) is 26.3 Å². The lowest BCUT2D eigenvalue weighted by Gasteiger charge is -2.03. The monoisotopic (exact) mass is 257 g/mol. The quantitative estimate of drug-likeness (QED) is 0.406. The molecule has 0 saturated heterocycles.